The van der Waals surface area contributed by atoms with Crippen LogP contribution in [-0.4, -0.2) is 22.3 Å². The van der Waals surface area contributed by atoms with Crippen molar-refractivity contribution < 1.29 is 36.2 Å². The molecule has 3 N–H and O–H groups in total. The Hall–Kier alpha value is -2.24. The number of urea groups is 1. The Morgan fingerprint density at radius 3 is 2.14 bits per heavy atom. The van der Waals surface area contributed by atoms with Gasteiger partial charge in [-0.1, -0.05) is 23.2 Å². The standard InChI is InChI=1S/C16H11Cl2F6N3O2/c17-10-3-7(13(28)16(22,23)24)4-11(18)12(10)27-14(29)26-6-9-2-1-8(5-25-9)15(19,20)21/h1-5,13,28H,6H2,(H2,26,27,29)/t13-/m1/s1. The SMILES string of the molecule is O=C(NCc1ccc(C(F)(F)F)cn1)Nc1c(Cl)cc([C@@H](O)C(F)(F)F)cc1Cl. The molecule has 5 nitrogen and oxygen atoms in total. The number of halogens is 8. The molecule has 0 fully saturated rings. The van der Waals surface area contributed by atoms with E-state index in [2.05, 4.69) is 15.6 Å². The van der Waals surface area contributed by atoms with Gasteiger partial charge >= 0.3 is 18.4 Å². The van der Waals surface area contributed by atoms with E-state index in [0.717, 1.165) is 24.3 Å². The summed E-state index contributed by atoms with van der Waals surface area (Å²) in [6.45, 7) is -0.246. The molecule has 1 heterocycles. The van der Waals surface area contributed by atoms with Gasteiger partial charge in [0.05, 0.1) is 33.5 Å². The van der Waals surface area contributed by atoms with E-state index < -0.39 is 35.6 Å². The van der Waals surface area contributed by atoms with Gasteiger partial charge in [-0.05, 0) is 29.8 Å². The van der Waals surface area contributed by atoms with E-state index in [1.807, 2.05) is 0 Å². The molecule has 0 saturated heterocycles. The topological polar surface area (TPSA) is 74.2 Å². The van der Waals surface area contributed by atoms with Gasteiger partial charge in [0.1, 0.15) is 0 Å². The first kappa shape index (κ1) is 23.0. The Morgan fingerprint density at radius 1 is 1.10 bits per heavy atom. The number of nitrogens with zero attached hydrogens (tertiary/aromatic N) is 1. The summed E-state index contributed by atoms with van der Waals surface area (Å²) in [6, 6.07) is 2.55. The molecule has 13 heteroatoms. The lowest BCUT2D eigenvalue weighted by molar-refractivity contribution is -0.206. The zero-order chi connectivity index (χ0) is 22.0. The highest BCUT2D eigenvalue weighted by atomic mass is 35.5. The third-order valence-electron chi connectivity index (χ3n) is 3.51. The minimum Gasteiger partial charge on any atom is -0.379 e. The number of benzene rings is 1. The number of nitrogens with one attached hydrogen (secondary N) is 2. The zero-order valence-electron chi connectivity index (χ0n) is 14.0. The molecule has 0 aliphatic heterocycles. The van der Waals surface area contributed by atoms with Crippen molar-refractivity contribution >= 4 is 34.9 Å². The van der Waals surface area contributed by atoms with Gasteiger partial charge in [-0.25, -0.2) is 4.79 Å². The van der Waals surface area contributed by atoms with Crippen LogP contribution in [0.5, 0.6) is 0 Å². The van der Waals surface area contributed by atoms with E-state index in [0.29, 0.717) is 6.20 Å². The number of carbonyl (C=O) groups is 1. The normalized spacial score (nSPS) is 13.1. The Morgan fingerprint density at radius 2 is 1.69 bits per heavy atom. The van der Waals surface area contributed by atoms with Crippen LogP contribution >= 0.6 is 23.2 Å². The minimum absolute atomic E-state index is 0.119. The second-order valence-corrected chi connectivity index (χ2v) is 6.46. The fourth-order valence-electron chi connectivity index (χ4n) is 2.08. The van der Waals surface area contributed by atoms with Gasteiger partial charge in [-0.3, -0.25) is 4.98 Å². The molecular formula is C16H11Cl2F6N3O2. The van der Waals surface area contributed by atoms with Crippen LogP contribution < -0.4 is 10.6 Å². The van der Waals surface area contributed by atoms with E-state index in [1.165, 1.54) is 0 Å². The number of anilines is 1. The Labute approximate surface area is 169 Å². The van der Waals surface area contributed by atoms with E-state index in [9.17, 15) is 36.2 Å². The van der Waals surface area contributed by atoms with Crippen LogP contribution in [0.25, 0.3) is 0 Å². The summed E-state index contributed by atoms with van der Waals surface area (Å²) in [5.41, 5.74) is -1.67. The number of aromatic nitrogens is 1. The van der Waals surface area contributed by atoms with Crippen molar-refractivity contribution in [1.82, 2.24) is 10.3 Å². The molecule has 2 rings (SSSR count). The lowest BCUT2D eigenvalue weighted by Gasteiger charge is -2.17. The third-order valence-corrected chi connectivity index (χ3v) is 4.11. The maximum absolute atomic E-state index is 12.6. The van der Waals surface area contributed by atoms with Gasteiger partial charge in [0.2, 0.25) is 0 Å². The van der Waals surface area contributed by atoms with Crippen LogP contribution in [0, 0.1) is 0 Å². The lowest BCUT2D eigenvalue weighted by Crippen LogP contribution is -2.29. The Kier molecular flexibility index (Phi) is 6.86. The van der Waals surface area contributed by atoms with Crippen LogP contribution in [0.4, 0.5) is 36.8 Å². The maximum Gasteiger partial charge on any atom is 0.418 e. The van der Waals surface area contributed by atoms with Gasteiger partial charge < -0.3 is 15.7 Å². The lowest BCUT2D eigenvalue weighted by atomic mass is 10.1. The monoisotopic (exact) mass is 461 g/mol. The molecule has 29 heavy (non-hydrogen) atoms. The number of alkyl halides is 6. The molecule has 0 unspecified atom stereocenters. The first-order valence-electron chi connectivity index (χ1n) is 7.59. The Bertz CT molecular complexity index is 865. The number of aliphatic hydroxyl groups excluding tert-OH is 1. The molecule has 0 saturated carbocycles. The summed E-state index contributed by atoms with van der Waals surface area (Å²) in [6.07, 6.45) is -11.7. The molecule has 0 spiro atoms. The summed E-state index contributed by atoms with van der Waals surface area (Å²) in [4.78, 5) is 15.5. The second-order valence-electron chi connectivity index (χ2n) is 5.65. The van der Waals surface area contributed by atoms with Crippen molar-refractivity contribution in [3.05, 3.63) is 57.3 Å². The van der Waals surface area contributed by atoms with Gasteiger partial charge in [-0.15, -0.1) is 0 Å². The molecule has 0 aliphatic carbocycles. The second kappa shape index (κ2) is 8.64. The van der Waals surface area contributed by atoms with E-state index in [1.54, 1.807) is 0 Å². The quantitative estimate of drug-likeness (QED) is 0.539. The van der Waals surface area contributed by atoms with Crippen molar-refractivity contribution in [1.29, 1.82) is 0 Å². The first-order chi connectivity index (χ1) is 13.3. The molecular weight excluding hydrogens is 451 g/mol. The van der Waals surface area contributed by atoms with Crippen molar-refractivity contribution in [3.63, 3.8) is 0 Å². The summed E-state index contributed by atoms with van der Waals surface area (Å²) >= 11 is 11.7. The average molecular weight is 462 g/mol. The highest BCUT2D eigenvalue weighted by molar-refractivity contribution is 6.39. The molecule has 1 atom stereocenters. The number of rotatable bonds is 4. The van der Waals surface area contributed by atoms with Crippen LogP contribution in [0.2, 0.25) is 10.0 Å². The highest BCUT2D eigenvalue weighted by Gasteiger charge is 2.40. The number of hydrogen-bond donors (Lipinski definition) is 3. The van der Waals surface area contributed by atoms with E-state index in [-0.39, 0.29) is 28.0 Å². The summed E-state index contributed by atoms with van der Waals surface area (Å²) in [5, 5.41) is 13.0. The van der Waals surface area contributed by atoms with Crippen LogP contribution in [0.3, 0.4) is 0 Å². The fraction of sp³-hybridized carbons (Fsp3) is 0.250. The third kappa shape index (κ3) is 6.12. The molecule has 0 bridgehead atoms. The first-order valence-corrected chi connectivity index (χ1v) is 8.35. The summed E-state index contributed by atoms with van der Waals surface area (Å²) < 4.78 is 75.1. The van der Waals surface area contributed by atoms with Crippen molar-refractivity contribution in [2.24, 2.45) is 0 Å². The average Bonchev–Trinajstić information content (AvgIpc) is 2.61. The van der Waals surface area contributed by atoms with E-state index in [4.69, 9.17) is 23.2 Å². The summed E-state index contributed by atoms with van der Waals surface area (Å²) in [5.74, 6) is 0. The zero-order valence-corrected chi connectivity index (χ0v) is 15.5. The molecule has 2 aromatic rings. The van der Waals surface area contributed by atoms with Crippen molar-refractivity contribution in [2.45, 2.75) is 25.0 Å². The number of aliphatic hydroxyl groups is 1. The predicted molar refractivity (Wildman–Crippen MR) is 92.6 cm³/mol. The minimum atomic E-state index is -4.94. The fourth-order valence-corrected chi connectivity index (χ4v) is 2.68. The molecule has 158 valence electrons. The molecule has 1 aromatic carbocycles. The number of hydrogen-bond acceptors (Lipinski definition) is 3. The highest BCUT2D eigenvalue weighted by Crippen LogP contribution is 2.38. The number of carbonyl (C=O) groups excluding carboxylic acids is 1. The van der Waals surface area contributed by atoms with Crippen LogP contribution in [0.1, 0.15) is 22.9 Å². The van der Waals surface area contributed by atoms with Gasteiger partial charge in [0.25, 0.3) is 0 Å². The van der Waals surface area contributed by atoms with Gasteiger partial charge in [0.15, 0.2) is 6.10 Å². The Balaban J connectivity index is 2.04. The summed E-state index contributed by atoms with van der Waals surface area (Å²) in [7, 11) is 0. The number of pyridine rings is 1. The smallest absolute Gasteiger partial charge is 0.379 e. The molecule has 0 radical (unpaired) electrons. The molecule has 0 aliphatic rings. The number of amides is 2. The van der Waals surface area contributed by atoms with E-state index >= 15 is 0 Å². The van der Waals surface area contributed by atoms with Gasteiger partial charge in [0, 0.05) is 6.20 Å². The van der Waals surface area contributed by atoms with Crippen molar-refractivity contribution in [3.8, 4) is 0 Å². The van der Waals surface area contributed by atoms with Crippen LogP contribution in [-0.2, 0) is 12.7 Å². The molecule has 2 amide bonds. The van der Waals surface area contributed by atoms with Crippen molar-refractivity contribution in [2.75, 3.05) is 5.32 Å². The molecule has 1 aromatic heterocycles. The van der Waals surface area contributed by atoms with Crippen LogP contribution in [0.15, 0.2) is 30.5 Å². The predicted octanol–water partition coefficient (Wildman–Crippen LogP) is 5.32. The largest absolute Gasteiger partial charge is 0.418 e. The van der Waals surface area contributed by atoms with Gasteiger partial charge in [-0.2, -0.15) is 26.3 Å². The maximum atomic E-state index is 12.6.